The van der Waals surface area contributed by atoms with E-state index < -0.39 is 10.0 Å². The number of hydrogen-bond donors (Lipinski definition) is 2. The molecule has 0 unspecified atom stereocenters. The second-order valence-corrected chi connectivity index (χ2v) is 7.98. The van der Waals surface area contributed by atoms with Gasteiger partial charge in [-0.15, -0.1) is 11.3 Å². The molecule has 1 aliphatic heterocycles. The Morgan fingerprint density at radius 1 is 1.38 bits per heavy atom. The van der Waals surface area contributed by atoms with E-state index in [0.29, 0.717) is 17.7 Å². The van der Waals surface area contributed by atoms with Gasteiger partial charge in [0.05, 0.1) is 17.0 Å². The number of thiazole rings is 1. The van der Waals surface area contributed by atoms with Crippen molar-refractivity contribution in [3.05, 3.63) is 41.2 Å². The largest absolute Gasteiger partial charge is 0.326 e. The maximum absolute atomic E-state index is 12.4. The smallest absolute Gasteiger partial charge is 0.240 e. The van der Waals surface area contributed by atoms with Crippen LogP contribution in [0.15, 0.2) is 34.8 Å². The first kappa shape index (κ1) is 15.2. The van der Waals surface area contributed by atoms with Crippen molar-refractivity contribution >= 4 is 37.9 Å². The average Bonchev–Trinajstić information content (AvgIpc) is 3.21. The van der Waals surface area contributed by atoms with Gasteiger partial charge in [-0.25, -0.2) is 22.6 Å². The molecule has 24 heavy (non-hydrogen) atoms. The van der Waals surface area contributed by atoms with Gasteiger partial charge in [-0.2, -0.15) is 5.10 Å². The maximum Gasteiger partial charge on any atom is 0.240 e. The van der Waals surface area contributed by atoms with Crippen molar-refractivity contribution in [2.45, 2.75) is 17.7 Å². The first-order valence-corrected chi connectivity index (χ1v) is 9.58. The maximum atomic E-state index is 12.4. The lowest BCUT2D eigenvalue weighted by atomic mass is 10.2. The van der Waals surface area contributed by atoms with Crippen LogP contribution in [0.2, 0.25) is 0 Å². The van der Waals surface area contributed by atoms with E-state index in [1.54, 1.807) is 10.6 Å². The zero-order chi connectivity index (χ0) is 16.7. The summed E-state index contributed by atoms with van der Waals surface area (Å²) in [4.78, 5) is 16.4. The number of nitrogens with zero attached hydrogens (tertiary/aromatic N) is 3. The molecular formula is C14H13N5O3S2. The number of anilines is 1. The van der Waals surface area contributed by atoms with E-state index in [1.807, 2.05) is 5.38 Å². The highest BCUT2D eigenvalue weighted by Crippen LogP contribution is 2.25. The Hall–Kier alpha value is -2.30. The molecule has 8 nitrogen and oxygen atoms in total. The lowest BCUT2D eigenvalue weighted by Crippen LogP contribution is -2.26. The molecule has 0 saturated heterocycles. The van der Waals surface area contributed by atoms with Crippen molar-refractivity contribution in [2.75, 3.05) is 11.9 Å². The molecule has 0 spiro atoms. The molecule has 10 heteroatoms. The third-order valence-corrected chi connectivity index (χ3v) is 6.11. The quantitative estimate of drug-likeness (QED) is 0.698. The van der Waals surface area contributed by atoms with Crippen molar-refractivity contribution in [3.63, 3.8) is 0 Å². The fraction of sp³-hybridized carbons (Fsp3) is 0.214. The Balaban J connectivity index is 1.47. The number of aromatic nitrogens is 3. The van der Waals surface area contributed by atoms with E-state index in [2.05, 4.69) is 20.1 Å². The Bertz CT molecular complexity index is 1040. The van der Waals surface area contributed by atoms with Crippen LogP contribution in [-0.4, -0.2) is 35.5 Å². The van der Waals surface area contributed by atoms with E-state index in [9.17, 15) is 13.2 Å². The van der Waals surface area contributed by atoms with Crippen molar-refractivity contribution < 1.29 is 13.2 Å². The molecule has 0 saturated carbocycles. The Morgan fingerprint density at radius 2 is 2.25 bits per heavy atom. The molecule has 3 aromatic rings. The number of fused-ring (bicyclic) bond motifs is 2. The SMILES string of the molecule is O=C1Cc2cc(S(=O)(=O)NCCc3csc4ncnn34)ccc2N1. The molecular weight excluding hydrogens is 350 g/mol. The molecule has 0 aliphatic carbocycles. The molecule has 0 atom stereocenters. The number of hydrogen-bond acceptors (Lipinski definition) is 6. The monoisotopic (exact) mass is 363 g/mol. The Labute approximate surface area is 141 Å². The van der Waals surface area contributed by atoms with E-state index >= 15 is 0 Å². The minimum atomic E-state index is -3.62. The Kier molecular flexibility index (Phi) is 3.59. The summed E-state index contributed by atoms with van der Waals surface area (Å²) in [7, 11) is -3.62. The standard InChI is InChI=1S/C14H13N5O3S2/c20-13-6-9-5-11(1-2-12(9)18-13)24(21,22)17-4-3-10-7-23-14-15-8-16-19(10)14/h1-2,5,7-8,17H,3-4,6H2,(H,18,20). The second kappa shape index (κ2) is 5.65. The van der Waals surface area contributed by atoms with Crippen LogP contribution in [0.4, 0.5) is 5.69 Å². The topological polar surface area (TPSA) is 105 Å². The number of benzene rings is 1. The van der Waals surface area contributed by atoms with Gasteiger partial charge < -0.3 is 5.32 Å². The molecule has 2 N–H and O–H groups in total. The molecule has 1 aliphatic rings. The summed E-state index contributed by atoms with van der Waals surface area (Å²) in [5, 5.41) is 8.69. The molecule has 124 valence electrons. The fourth-order valence-electron chi connectivity index (χ4n) is 2.61. The normalized spacial score (nSPS) is 14.1. The molecule has 2 aromatic heterocycles. The summed E-state index contributed by atoms with van der Waals surface area (Å²) in [5.41, 5.74) is 2.27. The first-order chi connectivity index (χ1) is 11.5. The summed E-state index contributed by atoms with van der Waals surface area (Å²) >= 11 is 1.46. The van der Waals surface area contributed by atoms with Gasteiger partial charge >= 0.3 is 0 Å². The summed E-state index contributed by atoms with van der Waals surface area (Å²) in [5.74, 6) is -0.123. The van der Waals surface area contributed by atoms with E-state index in [-0.39, 0.29) is 23.8 Å². The number of carbonyl (C=O) groups excluding carboxylic acids is 1. The zero-order valence-electron chi connectivity index (χ0n) is 12.4. The summed E-state index contributed by atoms with van der Waals surface area (Å²) in [6.07, 6.45) is 2.19. The van der Waals surface area contributed by atoms with Gasteiger partial charge in [0.2, 0.25) is 20.9 Å². The molecule has 0 bridgehead atoms. The van der Waals surface area contributed by atoms with Crippen LogP contribution in [-0.2, 0) is 27.7 Å². The number of amides is 1. The van der Waals surface area contributed by atoms with Gasteiger partial charge in [-0.1, -0.05) is 0 Å². The van der Waals surface area contributed by atoms with E-state index in [4.69, 9.17) is 0 Å². The van der Waals surface area contributed by atoms with Crippen LogP contribution in [0.5, 0.6) is 0 Å². The van der Waals surface area contributed by atoms with Crippen LogP contribution in [0.1, 0.15) is 11.3 Å². The van der Waals surface area contributed by atoms with Gasteiger partial charge in [0.1, 0.15) is 6.33 Å². The number of rotatable bonds is 5. The lowest BCUT2D eigenvalue weighted by Gasteiger charge is -2.08. The molecule has 1 amide bonds. The van der Waals surface area contributed by atoms with Crippen molar-refractivity contribution in [3.8, 4) is 0 Å². The Morgan fingerprint density at radius 3 is 3.12 bits per heavy atom. The minimum absolute atomic E-state index is 0.123. The predicted octanol–water partition coefficient (Wildman–Crippen LogP) is 0.806. The molecule has 1 aromatic carbocycles. The van der Waals surface area contributed by atoms with E-state index in [1.165, 1.54) is 29.8 Å². The van der Waals surface area contributed by atoms with Crippen LogP contribution < -0.4 is 10.0 Å². The van der Waals surface area contributed by atoms with E-state index in [0.717, 1.165) is 10.7 Å². The minimum Gasteiger partial charge on any atom is -0.326 e. The van der Waals surface area contributed by atoms with Gasteiger partial charge in [0.25, 0.3) is 0 Å². The van der Waals surface area contributed by atoms with Gasteiger partial charge in [-0.3, -0.25) is 4.79 Å². The molecule has 3 heterocycles. The summed E-state index contributed by atoms with van der Waals surface area (Å²) < 4.78 is 29.1. The summed E-state index contributed by atoms with van der Waals surface area (Å²) in [6, 6.07) is 4.65. The van der Waals surface area contributed by atoms with Gasteiger partial charge in [-0.05, 0) is 23.8 Å². The second-order valence-electron chi connectivity index (χ2n) is 5.37. The third-order valence-electron chi connectivity index (χ3n) is 3.77. The van der Waals surface area contributed by atoms with Crippen molar-refractivity contribution in [1.82, 2.24) is 19.3 Å². The van der Waals surface area contributed by atoms with Crippen LogP contribution in [0.25, 0.3) is 4.96 Å². The summed E-state index contributed by atoms with van der Waals surface area (Å²) in [6.45, 7) is 0.252. The number of nitrogens with one attached hydrogen (secondary N) is 2. The lowest BCUT2D eigenvalue weighted by molar-refractivity contribution is -0.115. The molecule has 0 radical (unpaired) electrons. The zero-order valence-corrected chi connectivity index (χ0v) is 14.0. The number of sulfonamides is 1. The van der Waals surface area contributed by atoms with Gasteiger partial charge in [0, 0.05) is 24.0 Å². The molecule has 0 fully saturated rings. The highest BCUT2D eigenvalue weighted by atomic mass is 32.2. The first-order valence-electron chi connectivity index (χ1n) is 7.21. The van der Waals surface area contributed by atoms with Crippen molar-refractivity contribution in [2.24, 2.45) is 0 Å². The van der Waals surface area contributed by atoms with Crippen molar-refractivity contribution in [1.29, 1.82) is 0 Å². The molecule has 4 rings (SSSR count). The van der Waals surface area contributed by atoms with Crippen LogP contribution in [0.3, 0.4) is 0 Å². The van der Waals surface area contributed by atoms with Gasteiger partial charge in [0.15, 0.2) is 0 Å². The highest BCUT2D eigenvalue weighted by Gasteiger charge is 2.21. The third kappa shape index (κ3) is 2.68. The van der Waals surface area contributed by atoms with Crippen LogP contribution >= 0.6 is 11.3 Å². The average molecular weight is 363 g/mol. The highest BCUT2D eigenvalue weighted by molar-refractivity contribution is 7.89. The fourth-order valence-corrected chi connectivity index (χ4v) is 4.53. The van der Waals surface area contributed by atoms with Crippen LogP contribution in [0, 0.1) is 0 Å². The predicted molar refractivity (Wildman–Crippen MR) is 88.5 cm³/mol. The number of carbonyl (C=O) groups is 1.